The van der Waals surface area contributed by atoms with Crippen molar-refractivity contribution in [2.45, 2.75) is 46.6 Å². The highest BCUT2D eigenvalue weighted by molar-refractivity contribution is 5.95. The van der Waals surface area contributed by atoms with Gasteiger partial charge in [-0.2, -0.15) is 0 Å². The van der Waals surface area contributed by atoms with Crippen molar-refractivity contribution in [1.29, 1.82) is 0 Å². The Kier molecular flexibility index (Phi) is 6.01. The van der Waals surface area contributed by atoms with Crippen LogP contribution < -0.4 is 5.32 Å². The van der Waals surface area contributed by atoms with E-state index in [9.17, 15) is 19.3 Å². The van der Waals surface area contributed by atoms with Gasteiger partial charge in [0.1, 0.15) is 5.82 Å². The lowest BCUT2D eigenvalue weighted by atomic mass is 9.88. The van der Waals surface area contributed by atoms with Crippen LogP contribution in [-0.4, -0.2) is 40.9 Å². The van der Waals surface area contributed by atoms with E-state index in [1.54, 1.807) is 0 Å². The zero-order chi connectivity index (χ0) is 19.6. The third-order valence-corrected chi connectivity index (χ3v) is 5.18. The average Bonchev–Trinajstić information content (AvgIpc) is 2.53. The van der Waals surface area contributed by atoms with E-state index in [2.05, 4.69) is 37.9 Å². The largest absolute Gasteiger partial charge is 0.350 e. The average molecular weight is 365 g/mol. The molecule has 2 rings (SSSR count). The Bertz CT molecular complexity index is 696. The predicted octanol–water partition coefficient (Wildman–Crippen LogP) is 3.53. The van der Waals surface area contributed by atoms with Crippen LogP contribution in [0.4, 0.5) is 10.1 Å². The van der Waals surface area contributed by atoms with Crippen LogP contribution in [0.5, 0.6) is 0 Å². The first-order valence-corrected chi connectivity index (χ1v) is 8.99. The van der Waals surface area contributed by atoms with Crippen molar-refractivity contribution in [3.8, 4) is 0 Å². The Labute approximate surface area is 153 Å². The van der Waals surface area contributed by atoms with Crippen molar-refractivity contribution in [2.24, 2.45) is 11.8 Å². The number of hydrogen-bond acceptors (Lipinski definition) is 4. The number of piperidine rings is 1. The molecule has 2 unspecified atom stereocenters. The van der Waals surface area contributed by atoms with Gasteiger partial charge in [0.15, 0.2) is 0 Å². The normalized spacial score (nSPS) is 21.5. The standard InChI is InChI=1S/C19H28FN3O3/c1-12-6-13(2)10-22(9-12)19(4,5)11-21-18(24)15-7-16(20)14(3)17(8-15)23(25)26/h7-8,12-13H,6,9-11H2,1-5H3,(H,21,24). The summed E-state index contributed by atoms with van der Waals surface area (Å²) in [7, 11) is 0. The third kappa shape index (κ3) is 4.58. The lowest BCUT2D eigenvalue weighted by molar-refractivity contribution is -0.385. The van der Waals surface area contributed by atoms with E-state index < -0.39 is 16.6 Å². The SMILES string of the molecule is Cc1c(F)cc(C(=O)NCC(C)(C)N2CC(C)CC(C)C2)cc1[N+](=O)[O-]. The molecule has 0 bridgehead atoms. The van der Waals surface area contributed by atoms with Gasteiger partial charge in [-0.15, -0.1) is 0 Å². The van der Waals surface area contributed by atoms with E-state index in [0.717, 1.165) is 25.2 Å². The summed E-state index contributed by atoms with van der Waals surface area (Å²) in [6.45, 7) is 12.2. The molecule has 144 valence electrons. The molecule has 1 aliphatic rings. The Hall–Kier alpha value is -2.02. The molecule has 1 amide bonds. The molecule has 0 spiro atoms. The van der Waals surface area contributed by atoms with Crippen LogP contribution in [0.2, 0.25) is 0 Å². The molecule has 6 nitrogen and oxygen atoms in total. The number of nitrogens with one attached hydrogen (secondary N) is 1. The summed E-state index contributed by atoms with van der Waals surface area (Å²) in [5, 5.41) is 13.8. The summed E-state index contributed by atoms with van der Waals surface area (Å²) in [5.41, 5.74) is -0.736. The molecule has 1 aromatic carbocycles. The molecule has 1 aromatic rings. The van der Waals surface area contributed by atoms with E-state index in [1.165, 1.54) is 13.3 Å². The van der Waals surface area contributed by atoms with Crippen LogP contribution in [0.15, 0.2) is 12.1 Å². The smallest absolute Gasteiger partial charge is 0.276 e. The van der Waals surface area contributed by atoms with Gasteiger partial charge in [-0.25, -0.2) is 4.39 Å². The Morgan fingerprint density at radius 3 is 2.46 bits per heavy atom. The number of carbonyl (C=O) groups excluding carboxylic acids is 1. The van der Waals surface area contributed by atoms with E-state index in [4.69, 9.17) is 0 Å². The number of carbonyl (C=O) groups is 1. The van der Waals surface area contributed by atoms with Crippen LogP contribution in [0.25, 0.3) is 0 Å². The maximum atomic E-state index is 13.9. The van der Waals surface area contributed by atoms with Gasteiger partial charge >= 0.3 is 0 Å². The quantitative estimate of drug-likeness (QED) is 0.640. The van der Waals surface area contributed by atoms with Gasteiger partial charge in [-0.1, -0.05) is 13.8 Å². The molecule has 1 saturated heterocycles. The maximum Gasteiger partial charge on any atom is 0.276 e. The Morgan fingerprint density at radius 2 is 1.92 bits per heavy atom. The van der Waals surface area contributed by atoms with Crippen LogP contribution >= 0.6 is 0 Å². The van der Waals surface area contributed by atoms with Gasteiger partial charge in [-0.3, -0.25) is 19.8 Å². The van der Waals surface area contributed by atoms with Crippen LogP contribution in [-0.2, 0) is 0 Å². The minimum absolute atomic E-state index is 0.0315. The lowest BCUT2D eigenvalue weighted by Gasteiger charge is -2.45. The van der Waals surface area contributed by atoms with Gasteiger partial charge in [0.25, 0.3) is 11.6 Å². The summed E-state index contributed by atoms with van der Waals surface area (Å²) in [4.78, 5) is 25.2. The Morgan fingerprint density at radius 1 is 1.35 bits per heavy atom. The fraction of sp³-hybridized carbons (Fsp3) is 0.632. The molecule has 1 aliphatic heterocycles. The second kappa shape index (κ2) is 7.70. The summed E-state index contributed by atoms with van der Waals surface area (Å²) in [6, 6.07) is 2.18. The van der Waals surface area contributed by atoms with Gasteiger partial charge < -0.3 is 5.32 Å². The molecule has 1 fully saturated rings. The fourth-order valence-corrected chi connectivity index (χ4v) is 3.65. The number of nitrogens with zero attached hydrogens (tertiary/aromatic N) is 2. The summed E-state index contributed by atoms with van der Waals surface area (Å²) < 4.78 is 13.9. The molecule has 26 heavy (non-hydrogen) atoms. The fourth-order valence-electron chi connectivity index (χ4n) is 3.65. The molecular weight excluding hydrogens is 337 g/mol. The minimum atomic E-state index is -0.748. The molecule has 1 N–H and O–H groups in total. The maximum absolute atomic E-state index is 13.9. The lowest BCUT2D eigenvalue weighted by Crippen LogP contribution is -2.56. The summed E-state index contributed by atoms with van der Waals surface area (Å²) in [6.07, 6.45) is 1.20. The number of halogens is 1. The number of hydrogen-bond donors (Lipinski definition) is 1. The molecular formula is C19H28FN3O3. The minimum Gasteiger partial charge on any atom is -0.350 e. The summed E-state index contributed by atoms with van der Waals surface area (Å²) in [5.74, 6) is -0.0504. The van der Waals surface area contributed by atoms with E-state index in [-0.39, 0.29) is 22.4 Å². The van der Waals surface area contributed by atoms with Crippen molar-refractivity contribution in [1.82, 2.24) is 10.2 Å². The highest BCUT2D eigenvalue weighted by atomic mass is 19.1. The second-order valence-electron chi connectivity index (χ2n) is 8.21. The highest BCUT2D eigenvalue weighted by Crippen LogP contribution is 2.27. The van der Waals surface area contributed by atoms with Crippen molar-refractivity contribution in [3.05, 3.63) is 39.2 Å². The Balaban J connectivity index is 2.09. The number of benzene rings is 1. The van der Waals surface area contributed by atoms with Gasteiger partial charge in [0.2, 0.25) is 0 Å². The molecule has 7 heteroatoms. The molecule has 0 aromatic heterocycles. The number of likely N-dealkylation sites (tertiary alicyclic amines) is 1. The summed E-state index contributed by atoms with van der Waals surface area (Å²) >= 11 is 0. The van der Waals surface area contributed by atoms with Crippen molar-refractivity contribution < 1.29 is 14.1 Å². The first-order valence-electron chi connectivity index (χ1n) is 8.99. The van der Waals surface area contributed by atoms with Gasteiger partial charge in [0, 0.05) is 36.8 Å². The van der Waals surface area contributed by atoms with Crippen LogP contribution in [0, 0.1) is 34.7 Å². The monoisotopic (exact) mass is 365 g/mol. The third-order valence-electron chi connectivity index (χ3n) is 5.18. The number of amides is 1. The van der Waals surface area contributed by atoms with E-state index >= 15 is 0 Å². The van der Waals surface area contributed by atoms with Gasteiger partial charge in [0.05, 0.1) is 10.5 Å². The predicted molar refractivity (Wildman–Crippen MR) is 98.7 cm³/mol. The second-order valence-corrected chi connectivity index (χ2v) is 8.21. The van der Waals surface area contributed by atoms with Gasteiger partial charge in [-0.05, 0) is 45.1 Å². The van der Waals surface area contributed by atoms with Crippen molar-refractivity contribution in [2.75, 3.05) is 19.6 Å². The first kappa shape index (κ1) is 20.3. The first-order chi connectivity index (χ1) is 12.0. The van der Waals surface area contributed by atoms with Crippen LogP contribution in [0.1, 0.15) is 50.0 Å². The topological polar surface area (TPSA) is 75.5 Å². The number of nitro groups is 1. The highest BCUT2D eigenvalue weighted by Gasteiger charge is 2.33. The number of nitro benzene ring substituents is 1. The molecule has 0 saturated carbocycles. The molecule has 0 aliphatic carbocycles. The molecule has 1 heterocycles. The number of rotatable bonds is 5. The van der Waals surface area contributed by atoms with Crippen molar-refractivity contribution in [3.63, 3.8) is 0 Å². The van der Waals surface area contributed by atoms with E-state index in [1.807, 2.05) is 0 Å². The zero-order valence-corrected chi connectivity index (χ0v) is 16.1. The molecule has 0 radical (unpaired) electrons. The molecule has 2 atom stereocenters. The van der Waals surface area contributed by atoms with Crippen molar-refractivity contribution >= 4 is 11.6 Å². The van der Waals surface area contributed by atoms with Crippen LogP contribution in [0.3, 0.4) is 0 Å². The zero-order valence-electron chi connectivity index (χ0n) is 16.1. The van der Waals surface area contributed by atoms with E-state index in [0.29, 0.717) is 18.4 Å².